The number of ether oxygens (including phenoxy) is 1. The molecule has 0 radical (unpaired) electrons. The summed E-state index contributed by atoms with van der Waals surface area (Å²) in [5.74, 6) is -0.670. The molecule has 1 aromatic heterocycles. The number of carboxylic acids is 1. The summed E-state index contributed by atoms with van der Waals surface area (Å²) in [7, 11) is 0. The molecule has 0 fully saturated rings. The zero-order chi connectivity index (χ0) is 16.2. The second-order valence-electron chi connectivity index (χ2n) is 6.54. The molecular formula is C17H18O5. The number of benzene rings is 1. The van der Waals surface area contributed by atoms with Gasteiger partial charge in [-0.1, -0.05) is 6.92 Å². The van der Waals surface area contributed by atoms with E-state index in [1.807, 2.05) is 13.8 Å². The molecule has 3 rings (SSSR count). The highest BCUT2D eigenvalue weighted by atomic mass is 16.5. The van der Waals surface area contributed by atoms with Crippen molar-refractivity contribution in [1.82, 2.24) is 0 Å². The molecule has 1 unspecified atom stereocenters. The van der Waals surface area contributed by atoms with Crippen molar-refractivity contribution in [3.8, 4) is 5.75 Å². The summed E-state index contributed by atoms with van der Waals surface area (Å²) >= 11 is 0. The molecule has 1 aliphatic rings. The quantitative estimate of drug-likeness (QED) is 0.873. The average Bonchev–Trinajstić information content (AvgIpc) is 2.40. The minimum absolute atomic E-state index is 0.250. The van der Waals surface area contributed by atoms with Crippen LogP contribution >= 0.6 is 0 Å². The van der Waals surface area contributed by atoms with E-state index in [2.05, 4.69) is 6.92 Å². The molecule has 0 amide bonds. The number of aromatic carboxylic acids is 1. The van der Waals surface area contributed by atoms with E-state index in [0.717, 1.165) is 18.1 Å². The fourth-order valence-corrected chi connectivity index (χ4v) is 3.23. The van der Waals surface area contributed by atoms with Gasteiger partial charge in [-0.05, 0) is 44.7 Å². The van der Waals surface area contributed by atoms with E-state index >= 15 is 0 Å². The Kier molecular flexibility index (Phi) is 3.06. The number of aryl methyl sites for hydroxylation is 1. The molecule has 0 saturated carbocycles. The minimum Gasteiger partial charge on any atom is -0.487 e. The van der Waals surface area contributed by atoms with Gasteiger partial charge in [-0.2, -0.15) is 0 Å². The fourth-order valence-electron chi connectivity index (χ4n) is 3.23. The number of carboxylic acid groups (broad SMARTS) is 1. The van der Waals surface area contributed by atoms with E-state index in [4.69, 9.17) is 14.3 Å². The highest BCUT2D eigenvalue weighted by Gasteiger charge is 2.33. The lowest BCUT2D eigenvalue weighted by atomic mass is 9.84. The number of fused-ring (bicyclic) bond motifs is 2. The van der Waals surface area contributed by atoms with Crippen LogP contribution in [0.15, 0.2) is 21.3 Å². The minimum atomic E-state index is -1.26. The third kappa shape index (κ3) is 2.17. The lowest BCUT2D eigenvalue weighted by Crippen LogP contribution is -2.34. The summed E-state index contributed by atoms with van der Waals surface area (Å²) in [5.41, 5.74) is 1.28. The first-order valence-corrected chi connectivity index (χ1v) is 7.23. The van der Waals surface area contributed by atoms with Crippen LogP contribution in [0.5, 0.6) is 5.75 Å². The van der Waals surface area contributed by atoms with Crippen LogP contribution in [0.1, 0.15) is 54.8 Å². The van der Waals surface area contributed by atoms with E-state index in [9.17, 15) is 9.59 Å². The number of carbonyl (C=O) groups is 1. The standard InChI is InChI=1S/C17H18O5/c1-8-7-17(3,4)22-15-9(2)14-11(5-10(8)15)12(18)6-13(21-14)16(19)20/h5-6,8H,7H2,1-4H3,(H,19,20). The van der Waals surface area contributed by atoms with Crippen molar-refractivity contribution in [2.75, 3.05) is 0 Å². The number of hydrogen-bond acceptors (Lipinski definition) is 4. The van der Waals surface area contributed by atoms with Crippen LogP contribution in [0.2, 0.25) is 0 Å². The van der Waals surface area contributed by atoms with Gasteiger partial charge in [0, 0.05) is 11.6 Å². The molecule has 0 spiro atoms. The summed E-state index contributed by atoms with van der Waals surface area (Å²) in [6.07, 6.45) is 0.851. The zero-order valence-corrected chi connectivity index (χ0v) is 13.0. The summed E-state index contributed by atoms with van der Waals surface area (Å²) in [5, 5.41) is 9.46. The molecule has 22 heavy (non-hydrogen) atoms. The maximum absolute atomic E-state index is 12.2. The van der Waals surface area contributed by atoms with Crippen LogP contribution in [-0.2, 0) is 0 Å². The Hall–Kier alpha value is -2.30. The molecule has 5 heteroatoms. The SMILES string of the molecule is Cc1c2c(cc3c(=O)cc(C(=O)O)oc13)C(C)CC(C)(C)O2. The summed E-state index contributed by atoms with van der Waals surface area (Å²) < 4.78 is 11.5. The van der Waals surface area contributed by atoms with E-state index in [1.165, 1.54) is 0 Å². The van der Waals surface area contributed by atoms with Gasteiger partial charge >= 0.3 is 5.97 Å². The van der Waals surface area contributed by atoms with E-state index in [1.54, 1.807) is 13.0 Å². The Balaban J connectivity index is 2.37. The Labute approximate surface area is 127 Å². The first-order valence-electron chi connectivity index (χ1n) is 7.23. The Morgan fingerprint density at radius 1 is 1.36 bits per heavy atom. The van der Waals surface area contributed by atoms with Crippen LogP contribution in [0.4, 0.5) is 0 Å². The molecule has 1 atom stereocenters. The smallest absolute Gasteiger partial charge is 0.371 e. The van der Waals surface area contributed by atoms with Gasteiger partial charge in [0.2, 0.25) is 5.76 Å². The lowest BCUT2D eigenvalue weighted by molar-refractivity contribution is 0.0660. The molecule has 1 aromatic carbocycles. The van der Waals surface area contributed by atoms with Crippen LogP contribution in [-0.4, -0.2) is 16.7 Å². The van der Waals surface area contributed by atoms with Crippen molar-refractivity contribution in [2.45, 2.75) is 45.6 Å². The topological polar surface area (TPSA) is 76.7 Å². The van der Waals surface area contributed by atoms with Gasteiger partial charge in [-0.3, -0.25) is 4.79 Å². The van der Waals surface area contributed by atoms with Crippen LogP contribution in [0.25, 0.3) is 11.0 Å². The summed E-state index contributed by atoms with van der Waals surface area (Å²) in [6, 6.07) is 2.80. The average molecular weight is 302 g/mol. The molecule has 0 saturated heterocycles. The highest BCUT2D eigenvalue weighted by molar-refractivity contribution is 5.89. The van der Waals surface area contributed by atoms with Crippen LogP contribution in [0.3, 0.4) is 0 Å². The Bertz CT molecular complexity index is 844. The predicted octanol–water partition coefficient (Wildman–Crippen LogP) is 3.46. The molecule has 2 heterocycles. The number of rotatable bonds is 1. The van der Waals surface area contributed by atoms with Gasteiger partial charge in [0.1, 0.15) is 16.9 Å². The second kappa shape index (κ2) is 4.60. The largest absolute Gasteiger partial charge is 0.487 e. The van der Waals surface area contributed by atoms with Gasteiger partial charge in [0.05, 0.1) is 5.39 Å². The van der Waals surface area contributed by atoms with Crippen LogP contribution in [0, 0.1) is 6.92 Å². The van der Waals surface area contributed by atoms with E-state index < -0.39 is 5.97 Å². The van der Waals surface area contributed by atoms with Gasteiger partial charge < -0.3 is 14.3 Å². The van der Waals surface area contributed by atoms with Crippen molar-refractivity contribution in [3.05, 3.63) is 39.2 Å². The van der Waals surface area contributed by atoms with Crippen molar-refractivity contribution < 1.29 is 19.1 Å². The van der Waals surface area contributed by atoms with Crippen LogP contribution < -0.4 is 10.2 Å². The first-order chi connectivity index (χ1) is 10.2. The fraction of sp³-hybridized carbons (Fsp3) is 0.412. The normalized spacial score (nSPS) is 19.5. The van der Waals surface area contributed by atoms with Gasteiger partial charge in [-0.15, -0.1) is 0 Å². The Morgan fingerprint density at radius 3 is 2.68 bits per heavy atom. The summed E-state index contributed by atoms with van der Waals surface area (Å²) in [6.45, 7) is 7.92. The third-order valence-electron chi connectivity index (χ3n) is 4.15. The molecule has 0 aliphatic carbocycles. The van der Waals surface area contributed by atoms with E-state index in [0.29, 0.717) is 16.7 Å². The Morgan fingerprint density at radius 2 is 2.05 bits per heavy atom. The predicted molar refractivity (Wildman–Crippen MR) is 81.9 cm³/mol. The molecule has 116 valence electrons. The molecule has 1 aliphatic heterocycles. The summed E-state index contributed by atoms with van der Waals surface area (Å²) in [4.78, 5) is 23.3. The molecule has 1 N–H and O–H groups in total. The van der Waals surface area contributed by atoms with E-state index in [-0.39, 0.29) is 28.3 Å². The highest BCUT2D eigenvalue weighted by Crippen LogP contribution is 2.44. The maximum Gasteiger partial charge on any atom is 0.371 e. The van der Waals surface area contributed by atoms with Crippen molar-refractivity contribution >= 4 is 16.9 Å². The maximum atomic E-state index is 12.2. The second-order valence-corrected chi connectivity index (χ2v) is 6.54. The first kappa shape index (κ1) is 14.6. The molecular weight excluding hydrogens is 284 g/mol. The molecule has 5 nitrogen and oxygen atoms in total. The van der Waals surface area contributed by atoms with Crippen molar-refractivity contribution in [3.63, 3.8) is 0 Å². The number of hydrogen-bond donors (Lipinski definition) is 1. The molecule has 2 aromatic rings. The molecule has 0 bridgehead atoms. The van der Waals surface area contributed by atoms with Gasteiger partial charge in [0.25, 0.3) is 0 Å². The van der Waals surface area contributed by atoms with Gasteiger partial charge in [-0.25, -0.2) is 4.79 Å². The zero-order valence-electron chi connectivity index (χ0n) is 13.0. The van der Waals surface area contributed by atoms with Gasteiger partial charge in [0.15, 0.2) is 5.43 Å². The monoisotopic (exact) mass is 302 g/mol. The third-order valence-corrected chi connectivity index (χ3v) is 4.15. The van der Waals surface area contributed by atoms with Crippen molar-refractivity contribution in [2.24, 2.45) is 0 Å². The lowest BCUT2D eigenvalue weighted by Gasteiger charge is -2.37. The van der Waals surface area contributed by atoms with Crippen molar-refractivity contribution in [1.29, 1.82) is 0 Å².